The molecule has 0 aromatic carbocycles. The Labute approximate surface area is 123 Å². The number of nitrogens with one attached hydrogen (secondary N) is 1. The summed E-state index contributed by atoms with van der Waals surface area (Å²) in [4.78, 5) is 24.9. The van der Waals surface area contributed by atoms with Gasteiger partial charge in [-0.3, -0.25) is 0 Å². The van der Waals surface area contributed by atoms with Gasteiger partial charge in [-0.2, -0.15) is 11.8 Å². The maximum absolute atomic E-state index is 12.1. The van der Waals surface area contributed by atoms with E-state index in [2.05, 4.69) is 5.32 Å². The number of urea groups is 1. The number of piperidine rings is 1. The Balaban J connectivity index is 2.48. The number of nitrogens with zero attached hydrogens (tertiary/aromatic N) is 1. The van der Waals surface area contributed by atoms with Gasteiger partial charge in [0.05, 0.1) is 0 Å². The van der Waals surface area contributed by atoms with E-state index in [1.54, 1.807) is 16.7 Å². The zero-order valence-corrected chi connectivity index (χ0v) is 12.7. The topological polar surface area (TPSA) is 89.9 Å². The van der Waals surface area contributed by atoms with E-state index >= 15 is 0 Å². The highest BCUT2D eigenvalue weighted by Gasteiger charge is 2.26. The van der Waals surface area contributed by atoms with E-state index < -0.39 is 12.0 Å². The molecular weight excluding hydrogens is 280 g/mol. The van der Waals surface area contributed by atoms with E-state index in [0.717, 1.165) is 12.8 Å². The third-order valence-corrected chi connectivity index (χ3v) is 4.19. The molecule has 0 aromatic heterocycles. The van der Waals surface area contributed by atoms with Crippen molar-refractivity contribution in [2.45, 2.75) is 31.7 Å². The lowest BCUT2D eigenvalue weighted by molar-refractivity contribution is -0.139. The fourth-order valence-electron chi connectivity index (χ4n) is 2.40. The Hall–Kier alpha value is -0.950. The molecular formula is C13H24N2O4S. The second kappa shape index (κ2) is 9.07. The molecule has 0 bridgehead atoms. The number of carboxylic acids is 1. The van der Waals surface area contributed by atoms with Crippen molar-refractivity contribution in [1.29, 1.82) is 0 Å². The summed E-state index contributed by atoms with van der Waals surface area (Å²) < 4.78 is 0. The van der Waals surface area contributed by atoms with E-state index in [4.69, 9.17) is 10.2 Å². The molecule has 116 valence electrons. The maximum atomic E-state index is 12.1. The van der Waals surface area contributed by atoms with Crippen LogP contribution in [0.4, 0.5) is 4.79 Å². The summed E-state index contributed by atoms with van der Waals surface area (Å²) in [7, 11) is 0. The number of thioether (sulfide) groups is 1. The fourth-order valence-corrected chi connectivity index (χ4v) is 2.87. The maximum Gasteiger partial charge on any atom is 0.326 e. The smallest absolute Gasteiger partial charge is 0.326 e. The third-order valence-electron chi connectivity index (χ3n) is 3.55. The molecule has 1 rings (SSSR count). The van der Waals surface area contributed by atoms with Gasteiger partial charge in [0.15, 0.2) is 0 Å². The Morgan fingerprint density at radius 1 is 1.50 bits per heavy atom. The van der Waals surface area contributed by atoms with Crippen molar-refractivity contribution < 1.29 is 19.8 Å². The molecule has 0 aromatic rings. The Morgan fingerprint density at radius 3 is 2.85 bits per heavy atom. The van der Waals surface area contributed by atoms with E-state index in [1.807, 2.05) is 6.26 Å². The van der Waals surface area contributed by atoms with Crippen LogP contribution in [0.1, 0.15) is 25.7 Å². The van der Waals surface area contributed by atoms with Crippen LogP contribution in [0.5, 0.6) is 0 Å². The van der Waals surface area contributed by atoms with Crippen LogP contribution in [0.25, 0.3) is 0 Å². The number of amides is 2. The molecule has 7 heteroatoms. The minimum atomic E-state index is -0.990. The molecule has 1 unspecified atom stereocenters. The molecule has 2 atom stereocenters. The van der Waals surface area contributed by atoms with Gasteiger partial charge in [-0.15, -0.1) is 0 Å². The highest BCUT2D eigenvalue weighted by atomic mass is 32.2. The molecule has 20 heavy (non-hydrogen) atoms. The van der Waals surface area contributed by atoms with Gasteiger partial charge < -0.3 is 20.4 Å². The number of aliphatic hydroxyl groups excluding tert-OH is 1. The van der Waals surface area contributed by atoms with Gasteiger partial charge in [0, 0.05) is 19.7 Å². The molecule has 0 aliphatic carbocycles. The van der Waals surface area contributed by atoms with Crippen molar-refractivity contribution >= 4 is 23.8 Å². The predicted octanol–water partition coefficient (Wildman–Crippen LogP) is 0.997. The van der Waals surface area contributed by atoms with Gasteiger partial charge in [-0.25, -0.2) is 9.59 Å². The van der Waals surface area contributed by atoms with E-state index in [-0.39, 0.29) is 12.6 Å². The van der Waals surface area contributed by atoms with E-state index in [1.165, 1.54) is 0 Å². The molecule has 2 amide bonds. The van der Waals surface area contributed by atoms with Crippen LogP contribution < -0.4 is 5.32 Å². The number of carboxylic acid groups (broad SMARTS) is 1. The number of carbonyl (C=O) groups is 2. The van der Waals surface area contributed by atoms with Gasteiger partial charge in [0.25, 0.3) is 0 Å². The van der Waals surface area contributed by atoms with Crippen molar-refractivity contribution in [3.63, 3.8) is 0 Å². The van der Waals surface area contributed by atoms with Gasteiger partial charge >= 0.3 is 12.0 Å². The van der Waals surface area contributed by atoms with Crippen molar-refractivity contribution in [3.05, 3.63) is 0 Å². The second-order valence-corrected chi connectivity index (χ2v) is 6.07. The third kappa shape index (κ3) is 5.58. The van der Waals surface area contributed by atoms with Crippen molar-refractivity contribution in [1.82, 2.24) is 10.2 Å². The summed E-state index contributed by atoms with van der Waals surface area (Å²) in [6.07, 6.45) is 4.94. The summed E-state index contributed by atoms with van der Waals surface area (Å²) in [5.41, 5.74) is 0. The van der Waals surface area contributed by atoms with Crippen LogP contribution in [0.15, 0.2) is 0 Å². The normalized spacial score (nSPS) is 20.5. The van der Waals surface area contributed by atoms with Crippen molar-refractivity contribution in [3.8, 4) is 0 Å². The first kappa shape index (κ1) is 17.1. The average Bonchev–Trinajstić information content (AvgIpc) is 2.43. The monoisotopic (exact) mass is 304 g/mol. The van der Waals surface area contributed by atoms with E-state index in [9.17, 15) is 9.59 Å². The molecule has 1 saturated heterocycles. The van der Waals surface area contributed by atoms with E-state index in [0.29, 0.717) is 37.6 Å². The molecule has 1 aliphatic heterocycles. The number of hydrogen-bond acceptors (Lipinski definition) is 4. The van der Waals surface area contributed by atoms with Crippen LogP contribution in [-0.2, 0) is 4.79 Å². The number of aliphatic hydroxyl groups is 1. The van der Waals surface area contributed by atoms with Crippen molar-refractivity contribution in [2.24, 2.45) is 5.92 Å². The molecule has 3 N–H and O–H groups in total. The molecule has 6 nitrogen and oxygen atoms in total. The first-order valence-electron chi connectivity index (χ1n) is 6.96. The molecule has 0 saturated carbocycles. The minimum Gasteiger partial charge on any atom is -0.480 e. The van der Waals surface area contributed by atoms with Gasteiger partial charge in [0.2, 0.25) is 0 Å². The van der Waals surface area contributed by atoms with Crippen molar-refractivity contribution in [2.75, 3.05) is 31.7 Å². The number of likely N-dealkylation sites (tertiary alicyclic amines) is 1. The lowest BCUT2D eigenvalue weighted by atomic mass is 9.95. The van der Waals surface area contributed by atoms with Crippen LogP contribution in [0.2, 0.25) is 0 Å². The summed E-state index contributed by atoms with van der Waals surface area (Å²) in [6, 6.07) is -1.13. The quantitative estimate of drug-likeness (QED) is 0.653. The van der Waals surface area contributed by atoms with Crippen LogP contribution >= 0.6 is 11.8 Å². The minimum absolute atomic E-state index is 0.131. The lowest BCUT2D eigenvalue weighted by Crippen LogP contribution is -2.51. The fraction of sp³-hybridized carbons (Fsp3) is 0.846. The Kier molecular flexibility index (Phi) is 7.76. The van der Waals surface area contributed by atoms with Crippen LogP contribution in [-0.4, -0.2) is 64.9 Å². The summed E-state index contributed by atoms with van der Waals surface area (Å²) in [6.45, 7) is 1.38. The highest BCUT2D eigenvalue weighted by Crippen LogP contribution is 2.19. The second-order valence-electron chi connectivity index (χ2n) is 5.09. The molecule has 1 heterocycles. The largest absolute Gasteiger partial charge is 0.480 e. The highest BCUT2D eigenvalue weighted by molar-refractivity contribution is 7.98. The molecule has 1 fully saturated rings. The zero-order chi connectivity index (χ0) is 15.0. The first-order chi connectivity index (χ1) is 9.58. The average molecular weight is 304 g/mol. The summed E-state index contributed by atoms with van der Waals surface area (Å²) >= 11 is 1.56. The van der Waals surface area contributed by atoms with Gasteiger partial charge in [-0.1, -0.05) is 0 Å². The standard InChI is InChI=1S/C13H24N2O4S/c1-20-8-5-11(12(17)18)14-13(19)15-6-2-3-10(9-15)4-7-16/h10-11,16H,2-9H2,1H3,(H,14,19)(H,17,18)/t10?,11-/m0/s1. The lowest BCUT2D eigenvalue weighted by Gasteiger charge is -2.33. The number of aliphatic carboxylic acids is 1. The number of hydrogen-bond donors (Lipinski definition) is 3. The Morgan fingerprint density at radius 2 is 2.25 bits per heavy atom. The Bertz CT molecular complexity index is 325. The first-order valence-corrected chi connectivity index (χ1v) is 8.36. The number of rotatable bonds is 7. The number of carbonyl (C=O) groups excluding carboxylic acids is 1. The van der Waals surface area contributed by atoms with Crippen LogP contribution in [0, 0.1) is 5.92 Å². The predicted molar refractivity (Wildman–Crippen MR) is 79.0 cm³/mol. The molecule has 1 aliphatic rings. The summed E-state index contributed by atoms with van der Waals surface area (Å²) in [5, 5.41) is 20.7. The van der Waals surface area contributed by atoms with Gasteiger partial charge in [-0.05, 0) is 43.6 Å². The molecule has 0 spiro atoms. The van der Waals surface area contributed by atoms with Crippen LogP contribution in [0.3, 0.4) is 0 Å². The van der Waals surface area contributed by atoms with Gasteiger partial charge in [0.1, 0.15) is 6.04 Å². The molecule has 0 radical (unpaired) electrons. The summed E-state index contributed by atoms with van der Waals surface area (Å²) in [5.74, 6) is 0.0231. The SMILES string of the molecule is CSCC[C@H](NC(=O)N1CCCC(CCO)C1)C(=O)O. The zero-order valence-electron chi connectivity index (χ0n) is 11.9.